The SMILES string of the molecule is COCC(C)Nc1cc(S(C)(=O)=O)ccc1F. The van der Waals surface area contributed by atoms with Gasteiger partial charge in [-0.25, -0.2) is 12.8 Å². The van der Waals surface area contributed by atoms with Crippen molar-refractivity contribution in [1.82, 2.24) is 0 Å². The van der Waals surface area contributed by atoms with Crippen molar-refractivity contribution in [2.75, 3.05) is 25.3 Å². The molecule has 0 radical (unpaired) electrons. The minimum Gasteiger partial charge on any atom is -0.383 e. The number of sulfone groups is 1. The van der Waals surface area contributed by atoms with Crippen molar-refractivity contribution in [2.24, 2.45) is 0 Å². The van der Waals surface area contributed by atoms with Gasteiger partial charge in [-0.2, -0.15) is 0 Å². The lowest BCUT2D eigenvalue weighted by Crippen LogP contribution is -2.21. The Hall–Kier alpha value is -1.14. The van der Waals surface area contributed by atoms with E-state index in [4.69, 9.17) is 4.74 Å². The standard InChI is InChI=1S/C11H16FNO3S/c1-8(7-16-2)13-11-6-9(17(3,14)15)4-5-10(11)12/h4-6,8,13H,7H2,1-3H3. The largest absolute Gasteiger partial charge is 0.383 e. The number of halogens is 1. The highest BCUT2D eigenvalue weighted by atomic mass is 32.2. The van der Waals surface area contributed by atoms with Gasteiger partial charge in [-0.3, -0.25) is 0 Å². The van der Waals surface area contributed by atoms with Gasteiger partial charge in [-0.15, -0.1) is 0 Å². The third kappa shape index (κ3) is 3.98. The van der Waals surface area contributed by atoms with E-state index in [0.29, 0.717) is 6.61 Å². The van der Waals surface area contributed by atoms with E-state index >= 15 is 0 Å². The molecule has 1 aromatic carbocycles. The van der Waals surface area contributed by atoms with E-state index in [2.05, 4.69) is 5.32 Å². The Morgan fingerprint density at radius 2 is 2.12 bits per heavy atom. The third-order valence-electron chi connectivity index (χ3n) is 2.18. The Morgan fingerprint density at radius 3 is 2.65 bits per heavy atom. The first-order valence-electron chi connectivity index (χ1n) is 5.09. The molecule has 6 heteroatoms. The predicted molar refractivity (Wildman–Crippen MR) is 64.5 cm³/mol. The fourth-order valence-corrected chi connectivity index (χ4v) is 2.05. The molecule has 0 aliphatic rings. The summed E-state index contributed by atoms with van der Waals surface area (Å²) in [4.78, 5) is 0.0889. The van der Waals surface area contributed by atoms with E-state index in [0.717, 1.165) is 12.3 Å². The number of rotatable bonds is 5. The Kier molecular flexibility index (Phi) is 4.47. The van der Waals surface area contributed by atoms with E-state index in [1.54, 1.807) is 7.11 Å². The maximum Gasteiger partial charge on any atom is 0.175 e. The smallest absolute Gasteiger partial charge is 0.175 e. The van der Waals surface area contributed by atoms with Crippen LogP contribution in [0.1, 0.15) is 6.92 Å². The van der Waals surface area contributed by atoms with Crippen molar-refractivity contribution in [3.8, 4) is 0 Å². The lowest BCUT2D eigenvalue weighted by Gasteiger charge is -2.15. The predicted octanol–water partition coefficient (Wildman–Crippen LogP) is 1.68. The van der Waals surface area contributed by atoms with Crippen molar-refractivity contribution in [1.29, 1.82) is 0 Å². The van der Waals surface area contributed by atoms with Crippen LogP contribution in [0, 0.1) is 5.82 Å². The molecule has 0 aliphatic heterocycles. The zero-order valence-electron chi connectivity index (χ0n) is 10.0. The Labute approximate surface area is 101 Å². The zero-order valence-corrected chi connectivity index (χ0v) is 10.8. The second kappa shape index (κ2) is 5.46. The summed E-state index contributed by atoms with van der Waals surface area (Å²) in [5, 5.41) is 2.86. The van der Waals surface area contributed by atoms with Gasteiger partial charge in [0.1, 0.15) is 5.82 Å². The van der Waals surface area contributed by atoms with Gasteiger partial charge in [-0.05, 0) is 25.1 Å². The third-order valence-corrected chi connectivity index (χ3v) is 3.29. The van der Waals surface area contributed by atoms with Crippen LogP contribution in [0.4, 0.5) is 10.1 Å². The van der Waals surface area contributed by atoms with E-state index < -0.39 is 15.7 Å². The van der Waals surface area contributed by atoms with E-state index in [9.17, 15) is 12.8 Å². The summed E-state index contributed by atoms with van der Waals surface area (Å²) in [7, 11) is -1.78. The Bertz CT molecular complexity index is 487. The summed E-state index contributed by atoms with van der Waals surface area (Å²) in [6.45, 7) is 2.22. The maximum absolute atomic E-state index is 13.5. The number of nitrogens with one attached hydrogen (secondary N) is 1. The van der Waals surface area contributed by atoms with Gasteiger partial charge in [0.25, 0.3) is 0 Å². The Balaban J connectivity index is 2.99. The van der Waals surface area contributed by atoms with Crippen molar-refractivity contribution < 1.29 is 17.5 Å². The molecule has 0 aliphatic carbocycles. The molecule has 0 heterocycles. The number of benzene rings is 1. The first kappa shape index (κ1) is 13.9. The van der Waals surface area contributed by atoms with Gasteiger partial charge in [-0.1, -0.05) is 0 Å². The second-order valence-corrected chi connectivity index (χ2v) is 5.93. The highest BCUT2D eigenvalue weighted by Gasteiger charge is 2.12. The molecule has 96 valence electrons. The van der Waals surface area contributed by atoms with Crippen LogP contribution in [-0.4, -0.2) is 34.4 Å². The highest BCUT2D eigenvalue weighted by Crippen LogP contribution is 2.20. The first-order valence-corrected chi connectivity index (χ1v) is 6.99. The molecule has 4 nitrogen and oxygen atoms in total. The fraction of sp³-hybridized carbons (Fsp3) is 0.455. The van der Waals surface area contributed by atoms with Crippen LogP contribution >= 0.6 is 0 Å². The number of methoxy groups -OCH3 is 1. The fourth-order valence-electron chi connectivity index (χ4n) is 1.40. The lowest BCUT2D eigenvalue weighted by molar-refractivity contribution is 0.190. The molecule has 1 unspecified atom stereocenters. The van der Waals surface area contributed by atoms with Crippen LogP contribution in [0.3, 0.4) is 0 Å². The van der Waals surface area contributed by atoms with Crippen LogP contribution in [0.15, 0.2) is 23.1 Å². The van der Waals surface area contributed by atoms with Gasteiger partial charge < -0.3 is 10.1 Å². The summed E-state index contributed by atoms with van der Waals surface area (Å²) in [6, 6.07) is 3.57. The van der Waals surface area contributed by atoms with Crippen molar-refractivity contribution in [3.63, 3.8) is 0 Å². The molecule has 1 atom stereocenters. The van der Waals surface area contributed by atoms with Crippen molar-refractivity contribution in [2.45, 2.75) is 17.9 Å². The van der Waals surface area contributed by atoms with Gasteiger partial charge in [0.05, 0.1) is 17.2 Å². The topological polar surface area (TPSA) is 55.4 Å². The summed E-state index contributed by atoms with van der Waals surface area (Å²) in [5.41, 5.74) is 0.164. The summed E-state index contributed by atoms with van der Waals surface area (Å²) < 4.78 is 41.0. The number of ether oxygens (including phenoxy) is 1. The van der Waals surface area contributed by atoms with Crippen LogP contribution in [0.2, 0.25) is 0 Å². The molecule has 1 N–H and O–H groups in total. The molecule has 0 aromatic heterocycles. The van der Waals surface area contributed by atoms with Gasteiger partial charge >= 0.3 is 0 Å². The van der Waals surface area contributed by atoms with Gasteiger partial charge in [0.2, 0.25) is 0 Å². The van der Waals surface area contributed by atoms with Crippen LogP contribution in [-0.2, 0) is 14.6 Å². The van der Waals surface area contributed by atoms with Crippen molar-refractivity contribution in [3.05, 3.63) is 24.0 Å². The van der Waals surface area contributed by atoms with E-state index in [-0.39, 0.29) is 16.6 Å². The average molecular weight is 261 g/mol. The molecule has 0 saturated heterocycles. The molecule has 0 amide bonds. The monoisotopic (exact) mass is 261 g/mol. The molecule has 0 spiro atoms. The molecule has 1 rings (SSSR count). The summed E-state index contributed by atoms with van der Waals surface area (Å²) in [6.07, 6.45) is 1.09. The normalized spacial score (nSPS) is 13.4. The number of hydrogen-bond acceptors (Lipinski definition) is 4. The maximum atomic E-state index is 13.5. The molecule has 17 heavy (non-hydrogen) atoms. The summed E-state index contributed by atoms with van der Waals surface area (Å²) >= 11 is 0. The van der Waals surface area contributed by atoms with Crippen LogP contribution in [0.5, 0.6) is 0 Å². The highest BCUT2D eigenvalue weighted by molar-refractivity contribution is 7.90. The van der Waals surface area contributed by atoms with Gasteiger partial charge in [0, 0.05) is 19.4 Å². The van der Waals surface area contributed by atoms with Crippen molar-refractivity contribution >= 4 is 15.5 Å². The number of anilines is 1. The molecule has 0 fully saturated rings. The number of hydrogen-bond donors (Lipinski definition) is 1. The van der Waals surface area contributed by atoms with Crippen LogP contribution < -0.4 is 5.32 Å². The van der Waals surface area contributed by atoms with Crippen LogP contribution in [0.25, 0.3) is 0 Å². The van der Waals surface area contributed by atoms with E-state index in [1.165, 1.54) is 12.1 Å². The minimum absolute atomic E-state index is 0.0889. The summed E-state index contributed by atoms with van der Waals surface area (Å²) in [5.74, 6) is -0.486. The van der Waals surface area contributed by atoms with E-state index in [1.807, 2.05) is 6.92 Å². The van der Waals surface area contributed by atoms with Gasteiger partial charge in [0.15, 0.2) is 9.84 Å². The quantitative estimate of drug-likeness (QED) is 0.819. The zero-order chi connectivity index (χ0) is 13.1. The molecular formula is C11H16FNO3S. The molecule has 0 saturated carbocycles. The second-order valence-electron chi connectivity index (χ2n) is 3.91. The molecule has 1 aromatic rings. The molecule has 0 bridgehead atoms. The average Bonchev–Trinajstić information content (AvgIpc) is 2.20. The Morgan fingerprint density at radius 1 is 1.47 bits per heavy atom. The minimum atomic E-state index is -3.33. The lowest BCUT2D eigenvalue weighted by atomic mass is 10.2. The molecular weight excluding hydrogens is 245 g/mol. The first-order chi connectivity index (χ1) is 7.84.